The summed E-state index contributed by atoms with van der Waals surface area (Å²) in [5.41, 5.74) is 6.63. The second kappa shape index (κ2) is 7.00. The molecule has 2 aromatic rings. The van der Waals surface area contributed by atoms with E-state index >= 15 is 0 Å². The van der Waals surface area contributed by atoms with Crippen molar-refractivity contribution in [1.82, 2.24) is 0 Å². The summed E-state index contributed by atoms with van der Waals surface area (Å²) in [5, 5.41) is 4.63. The highest BCUT2D eigenvalue weighted by Gasteiger charge is 2.11. The van der Waals surface area contributed by atoms with Crippen molar-refractivity contribution >= 4 is 62.7 Å². The normalized spacial score (nSPS) is 10.1. The summed E-state index contributed by atoms with van der Waals surface area (Å²) in [6.07, 6.45) is 0. The van der Waals surface area contributed by atoms with E-state index in [0.717, 1.165) is 2.88 Å². The Hall–Kier alpha value is -1.19. The van der Waals surface area contributed by atoms with Gasteiger partial charge in [0, 0.05) is 5.38 Å². The Morgan fingerprint density at radius 1 is 1.45 bits per heavy atom. The lowest BCUT2D eigenvalue weighted by atomic mass is 10.2. The quantitative estimate of drug-likeness (QED) is 0.578. The van der Waals surface area contributed by atoms with Gasteiger partial charge in [-0.25, -0.2) is 0 Å². The van der Waals surface area contributed by atoms with Gasteiger partial charge in [0.2, 0.25) is 0 Å². The Kier molecular flexibility index (Phi) is 5.32. The molecule has 1 heterocycles. The maximum Gasteiger partial charge on any atom is 0.256 e. The lowest BCUT2D eigenvalue weighted by Crippen LogP contribution is -2.19. The Labute approximate surface area is 139 Å². The van der Waals surface area contributed by atoms with Crippen molar-refractivity contribution in [2.75, 3.05) is 11.9 Å². The van der Waals surface area contributed by atoms with Crippen LogP contribution in [0.3, 0.4) is 0 Å². The molecule has 1 amide bonds. The summed E-state index contributed by atoms with van der Waals surface area (Å²) in [7, 11) is 0. The summed E-state index contributed by atoms with van der Waals surface area (Å²) < 4.78 is 6.52. The molecule has 4 nitrogen and oxygen atoms in total. The first kappa shape index (κ1) is 15.2. The number of hydrogen-bond donors (Lipinski definition) is 2. The zero-order valence-electron chi connectivity index (χ0n) is 10.3. The second-order valence-electron chi connectivity index (χ2n) is 3.84. The number of carbonyl (C=O) groups excluding carboxylic acids is 1. The average molecular weight is 418 g/mol. The number of hydrogen-bond acceptors (Lipinski definition) is 4. The number of thiocarbonyl (C=S) groups is 1. The van der Waals surface area contributed by atoms with E-state index in [-0.39, 0.29) is 17.5 Å². The molecular weight excluding hydrogens is 407 g/mol. The molecule has 20 heavy (non-hydrogen) atoms. The molecule has 0 aliphatic carbocycles. The molecule has 0 fully saturated rings. The largest absolute Gasteiger partial charge is 0.484 e. The molecule has 0 unspecified atom stereocenters. The third-order valence-corrected chi connectivity index (χ3v) is 4.24. The van der Waals surface area contributed by atoms with E-state index in [1.807, 2.05) is 23.6 Å². The standard InChI is InChI=1S/C13H11IN2O2S2/c14-11-5-8(7-20-11)13(17)16-9-3-1-2-4-10(9)18-6-12(15)19/h1-5,7H,6H2,(H2,15,19)(H,16,17). The summed E-state index contributed by atoms with van der Waals surface area (Å²) in [6.45, 7) is 0.137. The first-order chi connectivity index (χ1) is 9.56. The molecule has 1 aromatic heterocycles. The van der Waals surface area contributed by atoms with Crippen molar-refractivity contribution in [1.29, 1.82) is 0 Å². The maximum atomic E-state index is 12.1. The Morgan fingerprint density at radius 2 is 2.20 bits per heavy atom. The molecule has 2 rings (SSSR count). The Morgan fingerprint density at radius 3 is 2.85 bits per heavy atom. The number of halogens is 1. The fourth-order valence-corrected chi connectivity index (χ4v) is 2.85. The number of thiophene rings is 1. The van der Waals surface area contributed by atoms with Crippen LogP contribution in [0.5, 0.6) is 5.75 Å². The van der Waals surface area contributed by atoms with Gasteiger partial charge < -0.3 is 15.8 Å². The van der Waals surface area contributed by atoms with Crippen molar-refractivity contribution < 1.29 is 9.53 Å². The van der Waals surface area contributed by atoms with Gasteiger partial charge in [-0.2, -0.15) is 0 Å². The van der Waals surface area contributed by atoms with Gasteiger partial charge in [0.25, 0.3) is 5.91 Å². The Balaban J connectivity index is 2.12. The van der Waals surface area contributed by atoms with Gasteiger partial charge >= 0.3 is 0 Å². The molecule has 0 bridgehead atoms. The van der Waals surface area contributed by atoms with Crippen LogP contribution in [0.15, 0.2) is 35.7 Å². The SMILES string of the molecule is NC(=S)COc1ccccc1NC(=O)c1csc(I)c1. The third kappa shape index (κ3) is 4.15. The van der Waals surface area contributed by atoms with Gasteiger partial charge in [-0.05, 0) is 40.8 Å². The third-order valence-electron chi connectivity index (χ3n) is 2.33. The summed E-state index contributed by atoms with van der Waals surface area (Å²) in [6, 6.07) is 8.99. The fraction of sp³-hybridized carbons (Fsp3) is 0.0769. The Bertz CT molecular complexity index is 643. The molecule has 0 saturated carbocycles. The number of nitrogens with one attached hydrogen (secondary N) is 1. The molecule has 0 radical (unpaired) electrons. The second-order valence-corrected chi connectivity index (χ2v) is 7.17. The van der Waals surface area contributed by atoms with Crippen LogP contribution < -0.4 is 15.8 Å². The molecule has 0 aliphatic heterocycles. The van der Waals surface area contributed by atoms with Crippen molar-refractivity contribution in [2.45, 2.75) is 0 Å². The monoisotopic (exact) mass is 418 g/mol. The summed E-state index contributed by atoms with van der Waals surface area (Å²) in [5.74, 6) is 0.370. The predicted octanol–water partition coefficient (Wildman–Crippen LogP) is 3.27. The predicted molar refractivity (Wildman–Crippen MR) is 93.7 cm³/mol. The van der Waals surface area contributed by atoms with E-state index in [4.69, 9.17) is 22.7 Å². The van der Waals surface area contributed by atoms with Crippen LogP contribution in [-0.4, -0.2) is 17.5 Å². The van der Waals surface area contributed by atoms with Crippen LogP contribution in [0.4, 0.5) is 5.69 Å². The van der Waals surface area contributed by atoms with Crippen LogP contribution in [-0.2, 0) is 0 Å². The average Bonchev–Trinajstić information content (AvgIpc) is 2.84. The fourth-order valence-electron chi connectivity index (χ4n) is 1.47. The van der Waals surface area contributed by atoms with Crippen molar-refractivity contribution in [2.24, 2.45) is 5.73 Å². The molecule has 0 spiro atoms. The number of nitrogens with two attached hydrogens (primary N) is 1. The number of amides is 1. The highest BCUT2D eigenvalue weighted by molar-refractivity contribution is 14.1. The molecule has 3 N–H and O–H groups in total. The number of carbonyl (C=O) groups is 1. The van der Waals surface area contributed by atoms with Crippen LogP contribution in [0.2, 0.25) is 0 Å². The highest BCUT2D eigenvalue weighted by Crippen LogP contribution is 2.25. The van der Waals surface area contributed by atoms with E-state index in [1.165, 1.54) is 11.3 Å². The molecule has 7 heteroatoms. The van der Waals surface area contributed by atoms with E-state index in [2.05, 4.69) is 27.9 Å². The van der Waals surface area contributed by atoms with Crippen molar-refractivity contribution in [3.05, 3.63) is 44.2 Å². The molecule has 0 atom stereocenters. The van der Waals surface area contributed by atoms with Crippen LogP contribution in [0.25, 0.3) is 0 Å². The first-order valence-corrected chi connectivity index (χ1v) is 7.98. The molecule has 104 valence electrons. The summed E-state index contributed by atoms with van der Waals surface area (Å²) >= 11 is 8.47. The molecule has 0 saturated heterocycles. The molecular formula is C13H11IN2O2S2. The highest BCUT2D eigenvalue weighted by atomic mass is 127. The zero-order valence-corrected chi connectivity index (χ0v) is 14.1. The van der Waals surface area contributed by atoms with Crippen molar-refractivity contribution in [3.8, 4) is 5.75 Å². The van der Waals surface area contributed by atoms with E-state index < -0.39 is 0 Å². The number of benzene rings is 1. The topological polar surface area (TPSA) is 64.3 Å². The maximum absolute atomic E-state index is 12.1. The minimum Gasteiger partial charge on any atom is -0.484 e. The van der Waals surface area contributed by atoms with Gasteiger partial charge in [-0.15, -0.1) is 11.3 Å². The van der Waals surface area contributed by atoms with Crippen LogP contribution >= 0.6 is 46.1 Å². The number of rotatable bonds is 5. The van der Waals surface area contributed by atoms with Gasteiger partial charge in [-0.3, -0.25) is 4.79 Å². The lowest BCUT2D eigenvalue weighted by Gasteiger charge is -2.11. The van der Waals surface area contributed by atoms with Gasteiger partial charge in [0.15, 0.2) is 0 Å². The van der Waals surface area contributed by atoms with Gasteiger partial charge in [-0.1, -0.05) is 24.4 Å². The summed E-state index contributed by atoms with van der Waals surface area (Å²) in [4.78, 5) is 12.4. The first-order valence-electron chi connectivity index (χ1n) is 5.62. The molecule has 0 aliphatic rings. The van der Waals surface area contributed by atoms with Crippen molar-refractivity contribution in [3.63, 3.8) is 0 Å². The van der Waals surface area contributed by atoms with E-state index in [1.54, 1.807) is 12.1 Å². The zero-order chi connectivity index (χ0) is 14.5. The van der Waals surface area contributed by atoms with Gasteiger partial charge in [0.05, 0.1) is 14.1 Å². The van der Waals surface area contributed by atoms with Gasteiger partial charge in [0.1, 0.15) is 17.3 Å². The number of para-hydroxylation sites is 2. The van der Waals surface area contributed by atoms with E-state index in [0.29, 0.717) is 17.0 Å². The van der Waals surface area contributed by atoms with E-state index in [9.17, 15) is 4.79 Å². The van der Waals surface area contributed by atoms with Crippen LogP contribution in [0.1, 0.15) is 10.4 Å². The number of anilines is 1. The molecule has 1 aromatic carbocycles. The smallest absolute Gasteiger partial charge is 0.256 e. The lowest BCUT2D eigenvalue weighted by molar-refractivity contribution is 0.102. The minimum absolute atomic E-state index is 0.137. The van der Waals surface area contributed by atoms with Crippen LogP contribution in [0, 0.1) is 2.88 Å². The minimum atomic E-state index is -0.171. The number of ether oxygens (including phenoxy) is 1.